The molecule has 0 saturated heterocycles. The zero-order chi connectivity index (χ0) is 48.7. The van der Waals surface area contributed by atoms with Crippen molar-refractivity contribution in [3.8, 4) is 67.5 Å². The van der Waals surface area contributed by atoms with E-state index in [9.17, 15) is 5.11 Å². The second-order valence-corrected chi connectivity index (χ2v) is 20.7. The minimum absolute atomic E-state index is 0.0550. The summed E-state index contributed by atoms with van der Waals surface area (Å²) in [5.41, 5.74) is 13.0. The average Bonchev–Trinajstić information content (AvgIpc) is 3.66. The van der Waals surface area contributed by atoms with Crippen LogP contribution in [0.1, 0.15) is 112 Å². The molecule has 0 aliphatic rings. The first-order chi connectivity index (χ1) is 31.2. The Kier molecular flexibility index (Phi) is 9.15. The summed E-state index contributed by atoms with van der Waals surface area (Å²) in [6, 6.07) is 35.7. The molecule has 8 rings (SSSR count). The number of pyridine rings is 1. The van der Waals surface area contributed by atoms with Crippen LogP contribution in [0.2, 0.25) is 0 Å². The van der Waals surface area contributed by atoms with Crippen LogP contribution in [0.4, 0.5) is 0 Å². The first-order valence-corrected chi connectivity index (χ1v) is 21.5. The second-order valence-electron chi connectivity index (χ2n) is 20.7. The number of imidazole rings is 1. The maximum Gasteiger partial charge on any atom is 0.149 e. The average molecular weight is 821 g/mol. The minimum atomic E-state index is -0.431. The van der Waals surface area contributed by atoms with E-state index >= 15 is 0 Å². The highest BCUT2D eigenvalue weighted by molar-refractivity contribution is 5.97. The van der Waals surface area contributed by atoms with Crippen LogP contribution in [-0.4, -0.2) is 19.6 Å². The van der Waals surface area contributed by atoms with Crippen LogP contribution in [0.25, 0.3) is 72.7 Å². The lowest BCUT2D eigenvalue weighted by molar-refractivity contribution is 0.446. The van der Waals surface area contributed by atoms with Crippen molar-refractivity contribution >= 4 is 11.0 Å². The van der Waals surface area contributed by atoms with Gasteiger partial charge in [-0.05, 0) is 115 Å². The molecular weight excluding hydrogens is 755 g/mol. The van der Waals surface area contributed by atoms with E-state index in [1.165, 1.54) is 5.56 Å². The highest BCUT2D eigenvalue weighted by Gasteiger charge is 2.29. The van der Waals surface area contributed by atoms with Crippen LogP contribution < -0.4 is 0 Å². The van der Waals surface area contributed by atoms with Crippen molar-refractivity contribution in [2.24, 2.45) is 0 Å². The Bertz CT molecular complexity index is 3180. The van der Waals surface area contributed by atoms with Gasteiger partial charge in [0.2, 0.25) is 0 Å². The van der Waals surface area contributed by atoms with Crippen LogP contribution in [-0.2, 0) is 21.7 Å². The zero-order valence-electron chi connectivity index (χ0n) is 43.3. The van der Waals surface area contributed by atoms with Crippen molar-refractivity contribution in [1.82, 2.24) is 14.5 Å². The van der Waals surface area contributed by atoms with Gasteiger partial charge in [-0.2, -0.15) is 0 Å². The lowest BCUT2D eigenvalue weighted by Crippen LogP contribution is -2.17. The maximum absolute atomic E-state index is 12.4. The maximum atomic E-state index is 12.4. The number of benzene rings is 6. The molecule has 4 nitrogen and oxygen atoms in total. The first-order valence-electron chi connectivity index (χ1n) is 24.0. The van der Waals surface area contributed by atoms with Crippen LogP contribution in [0, 0.1) is 0 Å². The molecule has 0 fully saturated rings. The third-order valence-electron chi connectivity index (χ3n) is 11.9. The Balaban J connectivity index is 1.37. The fourth-order valence-corrected chi connectivity index (χ4v) is 8.05. The number of phenols is 1. The summed E-state index contributed by atoms with van der Waals surface area (Å²) in [5, 5.41) is 12.4. The van der Waals surface area contributed by atoms with E-state index in [0.29, 0.717) is 17.0 Å². The van der Waals surface area contributed by atoms with Crippen LogP contribution >= 0.6 is 0 Å². The Morgan fingerprint density at radius 2 is 1.10 bits per heavy atom. The number of nitrogens with zero attached hydrogens (tertiary/aromatic N) is 3. The van der Waals surface area contributed by atoms with Crippen LogP contribution in [0.3, 0.4) is 0 Å². The largest absolute Gasteiger partial charge is 0.507 e. The van der Waals surface area contributed by atoms with Gasteiger partial charge < -0.3 is 5.11 Å². The predicted molar refractivity (Wildman–Crippen MR) is 263 cm³/mol. The van der Waals surface area contributed by atoms with E-state index in [4.69, 9.17) is 16.8 Å². The van der Waals surface area contributed by atoms with Gasteiger partial charge in [-0.25, -0.2) is 4.98 Å². The van der Waals surface area contributed by atoms with Crippen molar-refractivity contribution in [3.05, 3.63) is 168 Å². The molecule has 6 aromatic carbocycles. The summed E-state index contributed by atoms with van der Waals surface area (Å²) in [4.78, 5) is 10.4. The van der Waals surface area contributed by atoms with Crippen molar-refractivity contribution in [2.45, 2.75) is 105 Å². The number of hydrogen-bond donors (Lipinski definition) is 1. The Hall–Kier alpha value is -6.26. The number of para-hydroxylation sites is 1. The van der Waals surface area contributed by atoms with Gasteiger partial charge in [0.05, 0.1) is 29.1 Å². The number of hydrogen-bond acceptors (Lipinski definition) is 3. The molecule has 0 aliphatic carbocycles. The van der Waals surface area contributed by atoms with Crippen molar-refractivity contribution in [1.29, 1.82) is 0 Å². The number of fused-ring (bicyclic) bond motifs is 1. The minimum Gasteiger partial charge on any atom is -0.507 e. The molecule has 0 saturated carbocycles. The van der Waals surface area contributed by atoms with Crippen molar-refractivity contribution in [3.63, 3.8) is 0 Å². The van der Waals surface area contributed by atoms with Crippen molar-refractivity contribution in [2.75, 3.05) is 0 Å². The number of phenolic OH excluding ortho intramolecular Hbond substituents is 1. The molecular formula is C58H61N3O. The standard InChI is InChI=1S/C58H61N3O/c1-55(2,3)43-25-21-39(22-26-43)40-29-30-59-50(34-40)42-31-41(32-44(33-42)56(4,5)6)47-19-16-20-51-52(47)60-54(48-35-45(57(7,8)9)36-49(53(48)62)58(10,11)12)61(51)46-27-23-38(24-28-46)37-17-14-13-15-18-37/h13-36,62H,1-12H3/i13D,14D,15D,17D,18D. The van der Waals surface area contributed by atoms with Crippen LogP contribution in [0.5, 0.6) is 5.75 Å². The van der Waals surface area contributed by atoms with Gasteiger partial charge in [0.15, 0.2) is 0 Å². The summed E-state index contributed by atoms with van der Waals surface area (Å²) >= 11 is 0. The highest BCUT2D eigenvalue weighted by atomic mass is 16.3. The molecule has 314 valence electrons. The molecule has 0 aliphatic heterocycles. The molecule has 4 heteroatoms. The van der Waals surface area contributed by atoms with Gasteiger partial charge in [0, 0.05) is 28.6 Å². The topological polar surface area (TPSA) is 50.9 Å². The molecule has 0 atom stereocenters. The third kappa shape index (κ3) is 8.36. The van der Waals surface area contributed by atoms with E-state index in [-0.39, 0.29) is 51.7 Å². The smallest absolute Gasteiger partial charge is 0.149 e. The molecule has 0 unspecified atom stereocenters. The van der Waals surface area contributed by atoms with E-state index in [1.54, 1.807) is 12.1 Å². The molecule has 2 heterocycles. The Labute approximate surface area is 376 Å². The lowest BCUT2D eigenvalue weighted by atomic mass is 9.79. The summed E-state index contributed by atoms with van der Waals surface area (Å²) in [7, 11) is 0. The van der Waals surface area contributed by atoms with E-state index < -0.39 is 11.5 Å². The van der Waals surface area contributed by atoms with Gasteiger partial charge in [-0.15, -0.1) is 0 Å². The molecule has 0 spiro atoms. The molecule has 2 aromatic heterocycles. The van der Waals surface area contributed by atoms with Gasteiger partial charge >= 0.3 is 0 Å². The first kappa shape index (κ1) is 36.4. The number of rotatable bonds is 6. The Morgan fingerprint density at radius 3 is 1.73 bits per heavy atom. The fourth-order valence-electron chi connectivity index (χ4n) is 8.05. The van der Waals surface area contributed by atoms with Gasteiger partial charge in [-0.3, -0.25) is 9.55 Å². The monoisotopic (exact) mass is 821 g/mol. The normalized spacial score (nSPS) is 13.7. The second kappa shape index (κ2) is 15.6. The SMILES string of the molecule is [2H]c1c([2H])c([2H])c(-c2ccc(-n3c(-c4cc(C(C)(C)C)cc(C(C)(C)C)c4O)nc4c(-c5cc(-c6cc(-c7ccc(C(C)(C)C)cc7)ccn6)cc(C(C)(C)C)c5)cccc43)cc2)c([2H])c1[2H]. The van der Waals surface area contributed by atoms with Crippen LogP contribution in [0.15, 0.2) is 146 Å². The van der Waals surface area contributed by atoms with Crippen molar-refractivity contribution < 1.29 is 12.0 Å². The Morgan fingerprint density at radius 1 is 0.500 bits per heavy atom. The van der Waals surface area contributed by atoms with E-state index in [2.05, 4.69) is 160 Å². The summed E-state index contributed by atoms with van der Waals surface area (Å²) in [5.74, 6) is 0.705. The molecule has 0 bridgehead atoms. The fraction of sp³-hybridized carbons (Fsp3) is 0.276. The quantitative estimate of drug-likeness (QED) is 0.182. The molecule has 0 amide bonds. The van der Waals surface area contributed by atoms with Gasteiger partial charge in [-0.1, -0.05) is 174 Å². The van der Waals surface area contributed by atoms with Gasteiger partial charge in [0.1, 0.15) is 11.6 Å². The zero-order valence-corrected chi connectivity index (χ0v) is 38.3. The molecule has 62 heavy (non-hydrogen) atoms. The van der Waals surface area contributed by atoms with E-state index in [0.717, 1.165) is 66.9 Å². The lowest BCUT2D eigenvalue weighted by Gasteiger charge is -2.27. The van der Waals surface area contributed by atoms with E-state index in [1.807, 2.05) is 30.5 Å². The van der Waals surface area contributed by atoms with Gasteiger partial charge in [0.25, 0.3) is 0 Å². The summed E-state index contributed by atoms with van der Waals surface area (Å²) in [6.07, 6.45) is 1.88. The third-order valence-corrected chi connectivity index (χ3v) is 11.9. The summed E-state index contributed by atoms with van der Waals surface area (Å²) in [6.45, 7) is 26.1. The molecule has 1 N–H and O–H groups in total. The number of aromatic nitrogens is 3. The summed E-state index contributed by atoms with van der Waals surface area (Å²) < 4.78 is 44.2. The predicted octanol–water partition coefficient (Wildman–Crippen LogP) is 15.7. The number of aromatic hydroxyl groups is 1. The highest BCUT2D eigenvalue weighted by Crippen LogP contribution is 2.45. The molecule has 8 aromatic rings. The molecule has 0 radical (unpaired) electrons.